The monoisotopic (exact) mass is 330 g/mol. The minimum absolute atomic E-state index is 0.182. The standard InChI is InChI=1S/C20H27FN2O/c1-3-8-19(24)16-22(12-4-2)15-18-10-7-13-23(18)14-17-9-5-6-11-20(17)21/h4-7,9-11,13,19,24H,2-3,8,12,14-16H2,1H3/t19-/m0/s1. The second-order valence-corrected chi connectivity index (χ2v) is 6.14. The largest absolute Gasteiger partial charge is 0.392 e. The lowest BCUT2D eigenvalue weighted by Gasteiger charge is -2.24. The van der Waals surface area contributed by atoms with E-state index in [2.05, 4.69) is 23.0 Å². The third kappa shape index (κ3) is 5.32. The quantitative estimate of drug-likeness (QED) is 0.671. The van der Waals surface area contributed by atoms with Gasteiger partial charge in [0.25, 0.3) is 0 Å². The summed E-state index contributed by atoms with van der Waals surface area (Å²) in [6.07, 6.45) is 5.25. The number of nitrogens with zero attached hydrogens (tertiary/aromatic N) is 2. The molecule has 2 aromatic rings. The van der Waals surface area contributed by atoms with E-state index in [1.165, 1.54) is 6.07 Å². The van der Waals surface area contributed by atoms with E-state index < -0.39 is 0 Å². The first-order valence-electron chi connectivity index (χ1n) is 8.52. The maximum Gasteiger partial charge on any atom is 0.128 e. The van der Waals surface area contributed by atoms with E-state index in [1.807, 2.05) is 36.5 Å². The second-order valence-electron chi connectivity index (χ2n) is 6.14. The van der Waals surface area contributed by atoms with Crippen LogP contribution < -0.4 is 0 Å². The van der Waals surface area contributed by atoms with Crippen molar-refractivity contribution >= 4 is 0 Å². The molecule has 0 fully saturated rings. The molecular formula is C20H27FN2O. The van der Waals surface area contributed by atoms with Crippen LogP contribution in [0.25, 0.3) is 0 Å². The minimum atomic E-state index is -0.329. The first-order valence-corrected chi connectivity index (χ1v) is 8.52. The summed E-state index contributed by atoms with van der Waals surface area (Å²) >= 11 is 0. The molecule has 4 heteroatoms. The van der Waals surface area contributed by atoms with Gasteiger partial charge < -0.3 is 9.67 Å². The lowest BCUT2D eigenvalue weighted by Crippen LogP contribution is -2.33. The van der Waals surface area contributed by atoms with Gasteiger partial charge in [0.05, 0.1) is 12.6 Å². The third-order valence-electron chi connectivity index (χ3n) is 4.09. The molecule has 1 aromatic heterocycles. The SMILES string of the molecule is C=CCN(Cc1cccn1Cc1ccccc1F)C[C@@H](O)CCC. The Morgan fingerprint density at radius 1 is 1.29 bits per heavy atom. The van der Waals surface area contributed by atoms with Crippen molar-refractivity contribution < 1.29 is 9.50 Å². The van der Waals surface area contributed by atoms with Crippen molar-refractivity contribution in [3.05, 3.63) is 72.3 Å². The third-order valence-corrected chi connectivity index (χ3v) is 4.09. The molecule has 1 atom stereocenters. The second kappa shape index (κ2) is 9.40. The molecule has 0 amide bonds. The molecule has 0 aliphatic carbocycles. The van der Waals surface area contributed by atoms with Crippen molar-refractivity contribution in [1.29, 1.82) is 0 Å². The molecule has 0 saturated carbocycles. The molecule has 1 N–H and O–H groups in total. The first-order chi connectivity index (χ1) is 11.6. The van der Waals surface area contributed by atoms with Crippen LogP contribution in [0.4, 0.5) is 4.39 Å². The Kier molecular flexibility index (Phi) is 7.22. The van der Waals surface area contributed by atoms with Crippen molar-refractivity contribution in [3.8, 4) is 0 Å². The predicted octanol–water partition coefficient (Wildman–Crippen LogP) is 3.82. The van der Waals surface area contributed by atoms with E-state index in [0.717, 1.165) is 18.5 Å². The number of rotatable bonds is 10. The molecule has 1 aromatic carbocycles. The molecule has 0 aliphatic rings. The van der Waals surface area contributed by atoms with Gasteiger partial charge in [0.15, 0.2) is 0 Å². The molecule has 3 nitrogen and oxygen atoms in total. The summed E-state index contributed by atoms with van der Waals surface area (Å²) in [5.41, 5.74) is 1.78. The summed E-state index contributed by atoms with van der Waals surface area (Å²) in [7, 11) is 0. The van der Waals surface area contributed by atoms with E-state index in [4.69, 9.17) is 0 Å². The van der Waals surface area contributed by atoms with E-state index in [9.17, 15) is 9.50 Å². The van der Waals surface area contributed by atoms with Gasteiger partial charge in [0.2, 0.25) is 0 Å². The Labute approximate surface area is 144 Å². The molecule has 24 heavy (non-hydrogen) atoms. The van der Waals surface area contributed by atoms with Crippen LogP contribution in [0.5, 0.6) is 0 Å². The van der Waals surface area contributed by atoms with Gasteiger partial charge in [-0.15, -0.1) is 6.58 Å². The predicted molar refractivity (Wildman–Crippen MR) is 96.3 cm³/mol. The lowest BCUT2D eigenvalue weighted by molar-refractivity contribution is 0.106. The van der Waals surface area contributed by atoms with E-state index in [0.29, 0.717) is 31.7 Å². The van der Waals surface area contributed by atoms with Crippen molar-refractivity contribution in [3.63, 3.8) is 0 Å². The molecule has 0 aliphatic heterocycles. The summed E-state index contributed by atoms with van der Waals surface area (Å²) in [6, 6.07) is 10.9. The highest BCUT2D eigenvalue weighted by Gasteiger charge is 2.13. The molecular weight excluding hydrogens is 303 g/mol. The Morgan fingerprint density at radius 2 is 2.08 bits per heavy atom. The zero-order valence-corrected chi connectivity index (χ0v) is 14.4. The van der Waals surface area contributed by atoms with Gasteiger partial charge in [0, 0.05) is 37.1 Å². The van der Waals surface area contributed by atoms with Gasteiger partial charge in [-0.05, 0) is 24.6 Å². The number of aromatic nitrogens is 1. The number of benzene rings is 1. The van der Waals surface area contributed by atoms with Crippen LogP contribution in [0.15, 0.2) is 55.3 Å². The lowest BCUT2D eigenvalue weighted by atomic mass is 10.2. The van der Waals surface area contributed by atoms with Crippen LogP contribution in [-0.2, 0) is 13.1 Å². The molecule has 0 bridgehead atoms. The Hall–Kier alpha value is -1.91. The topological polar surface area (TPSA) is 28.4 Å². The van der Waals surface area contributed by atoms with Crippen LogP contribution in [0.2, 0.25) is 0 Å². The van der Waals surface area contributed by atoms with Gasteiger partial charge in [-0.25, -0.2) is 4.39 Å². The summed E-state index contributed by atoms with van der Waals surface area (Å²) in [6.45, 7) is 8.42. The van der Waals surface area contributed by atoms with Crippen LogP contribution in [-0.4, -0.2) is 33.8 Å². The highest BCUT2D eigenvalue weighted by molar-refractivity contribution is 5.19. The average Bonchev–Trinajstić information content (AvgIpc) is 2.97. The fraction of sp³-hybridized carbons (Fsp3) is 0.400. The number of aliphatic hydroxyl groups is 1. The van der Waals surface area contributed by atoms with E-state index in [-0.39, 0.29) is 11.9 Å². The highest BCUT2D eigenvalue weighted by atomic mass is 19.1. The van der Waals surface area contributed by atoms with E-state index in [1.54, 1.807) is 6.07 Å². The zero-order valence-electron chi connectivity index (χ0n) is 14.4. The Bertz CT molecular complexity index is 638. The molecule has 0 unspecified atom stereocenters. The molecule has 1 heterocycles. The maximum absolute atomic E-state index is 13.9. The van der Waals surface area contributed by atoms with Crippen LogP contribution in [0, 0.1) is 5.82 Å². The fourth-order valence-electron chi connectivity index (χ4n) is 2.90. The van der Waals surface area contributed by atoms with Crippen molar-refractivity contribution in [2.75, 3.05) is 13.1 Å². The Balaban J connectivity index is 2.07. The number of halogens is 1. The van der Waals surface area contributed by atoms with Gasteiger partial charge in [-0.3, -0.25) is 4.90 Å². The van der Waals surface area contributed by atoms with Crippen molar-refractivity contribution in [1.82, 2.24) is 9.47 Å². The fourth-order valence-corrected chi connectivity index (χ4v) is 2.90. The normalized spacial score (nSPS) is 12.5. The minimum Gasteiger partial charge on any atom is -0.392 e. The number of hydrogen-bond acceptors (Lipinski definition) is 2. The van der Waals surface area contributed by atoms with Crippen molar-refractivity contribution in [2.24, 2.45) is 0 Å². The zero-order chi connectivity index (χ0) is 17.4. The molecule has 0 spiro atoms. The Morgan fingerprint density at radius 3 is 2.79 bits per heavy atom. The number of aliphatic hydroxyl groups excluding tert-OH is 1. The molecule has 2 rings (SSSR count). The summed E-state index contributed by atoms with van der Waals surface area (Å²) in [5.74, 6) is -0.182. The van der Waals surface area contributed by atoms with Crippen LogP contribution in [0.3, 0.4) is 0 Å². The molecule has 0 radical (unpaired) electrons. The summed E-state index contributed by atoms with van der Waals surface area (Å²) in [4.78, 5) is 2.17. The highest BCUT2D eigenvalue weighted by Crippen LogP contribution is 2.14. The first kappa shape index (κ1) is 18.4. The van der Waals surface area contributed by atoms with Gasteiger partial charge in [0.1, 0.15) is 5.82 Å². The summed E-state index contributed by atoms with van der Waals surface area (Å²) in [5, 5.41) is 10.1. The van der Waals surface area contributed by atoms with Crippen LogP contribution >= 0.6 is 0 Å². The van der Waals surface area contributed by atoms with Gasteiger partial charge >= 0.3 is 0 Å². The number of hydrogen-bond donors (Lipinski definition) is 1. The van der Waals surface area contributed by atoms with Gasteiger partial charge in [-0.2, -0.15) is 0 Å². The van der Waals surface area contributed by atoms with E-state index >= 15 is 0 Å². The van der Waals surface area contributed by atoms with Crippen LogP contribution in [0.1, 0.15) is 31.0 Å². The molecule has 130 valence electrons. The summed E-state index contributed by atoms with van der Waals surface area (Å²) < 4.78 is 15.9. The van der Waals surface area contributed by atoms with Crippen molar-refractivity contribution in [2.45, 2.75) is 39.0 Å². The van der Waals surface area contributed by atoms with Gasteiger partial charge in [-0.1, -0.05) is 37.6 Å². The molecule has 0 saturated heterocycles. The average molecular weight is 330 g/mol. The smallest absolute Gasteiger partial charge is 0.128 e. The maximum atomic E-state index is 13.9.